The van der Waals surface area contributed by atoms with Gasteiger partial charge in [-0.1, -0.05) is 15.9 Å². The molecular weight excluding hydrogens is 242 g/mol. The minimum Gasteiger partial charge on any atom is -0.371 e. The van der Waals surface area contributed by atoms with E-state index in [4.69, 9.17) is 4.74 Å². The van der Waals surface area contributed by atoms with Crippen molar-refractivity contribution in [2.24, 2.45) is 0 Å². The molecule has 0 amide bonds. The maximum Gasteiger partial charge on any atom is 0.0707 e. The molecule has 0 bridgehead atoms. The third-order valence-corrected chi connectivity index (χ3v) is 3.25. The number of rotatable bonds is 5. The van der Waals surface area contributed by atoms with Gasteiger partial charge in [0.05, 0.1) is 11.7 Å². The van der Waals surface area contributed by atoms with E-state index in [9.17, 15) is 0 Å². The summed E-state index contributed by atoms with van der Waals surface area (Å²) in [7, 11) is 0. The normalized spacial score (nSPS) is 27.9. The number of alkyl halides is 1. The highest BCUT2D eigenvalue weighted by Gasteiger charge is 2.31. The summed E-state index contributed by atoms with van der Waals surface area (Å²) in [4.78, 5) is 0. The van der Waals surface area contributed by atoms with Crippen molar-refractivity contribution in [1.82, 2.24) is 5.32 Å². The molecule has 1 aliphatic heterocycles. The average Bonchev–Trinajstić information content (AvgIpc) is 2.43. The number of hydrogen-bond acceptors (Lipinski definition) is 2. The lowest BCUT2D eigenvalue weighted by Crippen LogP contribution is -2.35. The Labute approximate surface area is 95.9 Å². The summed E-state index contributed by atoms with van der Waals surface area (Å²) in [6.45, 7) is 7.57. The van der Waals surface area contributed by atoms with Crippen LogP contribution in [0.1, 0.15) is 40.0 Å². The van der Waals surface area contributed by atoms with Crippen LogP contribution in [0.15, 0.2) is 0 Å². The Bertz CT molecular complexity index is 173. The monoisotopic (exact) mass is 263 g/mol. The number of ether oxygens (including phenoxy) is 1. The van der Waals surface area contributed by atoms with Crippen molar-refractivity contribution < 1.29 is 4.74 Å². The van der Waals surface area contributed by atoms with Crippen molar-refractivity contribution in [2.45, 2.75) is 57.8 Å². The second-order valence-corrected chi connectivity index (χ2v) is 5.62. The third-order valence-electron chi connectivity index (χ3n) is 2.79. The Morgan fingerprint density at radius 2 is 2.29 bits per heavy atom. The summed E-state index contributed by atoms with van der Waals surface area (Å²) in [5, 5.41) is 4.58. The van der Waals surface area contributed by atoms with Crippen LogP contribution in [0, 0.1) is 0 Å². The Balaban J connectivity index is 2.14. The lowest BCUT2D eigenvalue weighted by molar-refractivity contribution is -0.0150. The minimum atomic E-state index is 0.102. The first-order valence-corrected chi connectivity index (χ1v) is 6.63. The Hall–Kier alpha value is 0.400. The molecule has 0 aromatic heterocycles. The Morgan fingerprint density at radius 1 is 1.57 bits per heavy atom. The molecule has 0 radical (unpaired) electrons. The van der Waals surface area contributed by atoms with Gasteiger partial charge in [0.1, 0.15) is 0 Å². The highest BCUT2D eigenvalue weighted by Crippen LogP contribution is 2.28. The Kier molecular flexibility index (Phi) is 4.88. The smallest absolute Gasteiger partial charge is 0.0707 e. The molecule has 1 fully saturated rings. The molecule has 1 aliphatic rings. The molecule has 14 heavy (non-hydrogen) atoms. The molecule has 1 saturated heterocycles. The number of nitrogens with one attached hydrogen (secondary N) is 1. The molecule has 2 atom stereocenters. The third kappa shape index (κ3) is 4.28. The zero-order valence-electron chi connectivity index (χ0n) is 9.48. The van der Waals surface area contributed by atoms with Gasteiger partial charge in [0.2, 0.25) is 0 Å². The van der Waals surface area contributed by atoms with Crippen LogP contribution in [-0.2, 0) is 4.74 Å². The van der Waals surface area contributed by atoms with Gasteiger partial charge in [-0.2, -0.15) is 0 Å². The molecule has 2 nitrogen and oxygen atoms in total. The first-order valence-electron chi connectivity index (χ1n) is 5.50. The van der Waals surface area contributed by atoms with E-state index in [1.54, 1.807) is 0 Å². The molecule has 0 spiro atoms. The summed E-state index contributed by atoms with van der Waals surface area (Å²) in [5.41, 5.74) is 0.102. The topological polar surface area (TPSA) is 21.3 Å². The van der Waals surface area contributed by atoms with Gasteiger partial charge in [-0.15, -0.1) is 0 Å². The molecule has 1 heterocycles. The predicted octanol–water partition coefficient (Wildman–Crippen LogP) is 2.71. The highest BCUT2D eigenvalue weighted by molar-refractivity contribution is 9.09. The van der Waals surface area contributed by atoms with Crippen LogP contribution in [0.25, 0.3) is 0 Å². The van der Waals surface area contributed by atoms with Crippen molar-refractivity contribution in [3.8, 4) is 0 Å². The molecule has 84 valence electrons. The van der Waals surface area contributed by atoms with E-state index in [0.29, 0.717) is 12.1 Å². The number of halogens is 1. The molecule has 0 aromatic rings. The highest BCUT2D eigenvalue weighted by atomic mass is 79.9. The molecule has 1 N–H and O–H groups in total. The van der Waals surface area contributed by atoms with E-state index in [1.807, 2.05) is 0 Å². The van der Waals surface area contributed by atoms with Crippen LogP contribution in [0.4, 0.5) is 0 Å². The standard InChI is InChI=1S/C11H22BrNO/c1-9(5-7-12)13-8-10-4-6-11(2,3)14-10/h9-10,13H,4-8H2,1-3H3. The van der Waals surface area contributed by atoms with Crippen LogP contribution >= 0.6 is 15.9 Å². The maximum absolute atomic E-state index is 5.90. The molecule has 3 heteroatoms. The van der Waals surface area contributed by atoms with Gasteiger partial charge in [0, 0.05) is 17.9 Å². The van der Waals surface area contributed by atoms with Gasteiger partial charge in [-0.05, 0) is 40.0 Å². The van der Waals surface area contributed by atoms with Crippen molar-refractivity contribution in [3.63, 3.8) is 0 Å². The van der Waals surface area contributed by atoms with E-state index in [0.717, 1.165) is 11.9 Å². The SMILES string of the molecule is CC(CCBr)NCC1CCC(C)(C)O1. The fourth-order valence-electron chi connectivity index (χ4n) is 1.82. The summed E-state index contributed by atoms with van der Waals surface area (Å²) >= 11 is 3.45. The first kappa shape index (κ1) is 12.5. The fourth-order valence-corrected chi connectivity index (χ4v) is 2.51. The molecule has 0 aliphatic carbocycles. The van der Waals surface area contributed by atoms with E-state index >= 15 is 0 Å². The molecule has 2 unspecified atom stereocenters. The van der Waals surface area contributed by atoms with E-state index in [1.165, 1.54) is 19.3 Å². The van der Waals surface area contributed by atoms with Crippen molar-refractivity contribution in [1.29, 1.82) is 0 Å². The first-order chi connectivity index (χ1) is 6.53. The summed E-state index contributed by atoms with van der Waals surface area (Å²) in [6.07, 6.45) is 3.98. The van der Waals surface area contributed by atoms with Crippen molar-refractivity contribution >= 4 is 15.9 Å². The largest absolute Gasteiger partial charge is 0.371 e. The summed E-state index contributed by atoms with van der Waals surface area (Å²) < 4.78 is 5.90. The molecule has 0 aromatic carbocycles. The van der Waals surface area contributed by atoms with E-state index in [2.05, 4.69) is 42.0 Å². The summed E-state index contributed by atoms with van der Waals surface area (Å²) in [6, 6.07) is 0.585. The Morgan fingerprint density at radius 3 is 2.79 bits per heavy atom. The summed E-state index contributed by atoms with van der Waals surface area (Å²) in [5.74, 6) is 0. The quantitative estimate of drug-likeness (QED) is 0.771. The second-order valence-electron chi connectivity index (χ2n) is 4.83. The average molecular weight is 264 g/mol. The maximum atomic E-state index is 5.90. The molecule has 0 saturated carbocycles. The lowest BCUT2D eigenvalue weighted by atomic mass is 10.1. The van der Waals surface area contributed by atoms with Crippen LogP contribution in [0.5, 0.6) is 0 Å². The van der Waals surface area contributed by atoms with Crippen LogP contribution in [0.2, 0.25) is 0 Å². The number of hydrogen-bond donors (Lipinski definition) is 1. The molecule has 1 rings (SSSR count). The van der Waals surface area contributed by atoms with Gasteiger partial charge in [0.15, 0.2) is 0 Å². The lowest BCUT2D eigenvalue weighted by Gasteiger charge is -2.21. The predicted molar refractivity (Wildman–Crippen MR) is 64.1 cm³/mol. The van der Waals surface area contributed by atoms with Gasteiger partial charge in [0.25, 0.3) is 0 Å². The fraction of sp³-hybridized carbons (Fsp3) is 1.00. The van der Waals surface area contributed by atoms with Gasteiger partial charge in [-0.25, -0.2) is 0 Å². The van der Waals surface area contributed by atoms with Crippen LogP contribution in [0.3, 0.4) is 0 Å². The van der Waals surface area contributed by atoms with E-state index < -0.39 is 0 Å². The van der Waals surface area contributed by atoms with Gasteiger partial charge in [-0.3, -0.25) is 0 Å². The van der Waals surface area contributed by atoms with Gasteiger partial charge < -0.3 is 10.1 Å². The van der Waals surface area contributed by atoms with Crippen molar-refractivity contribution in [2.75, 3.05) is 11.9 Å². The second kappa shape index (κ2) is 5.47. The minimum absolute atomic E-state index is 0.102. The zero-order chi connectivity index (χ0) is 10.6. The van der Waals surface area contributed by atoms with Crippen LogP contribution < -0.4 is 5.32 Å². The van der Waals surface area contributed by atoms with E-state index in [-0.39, 0.29) is 5.60 Å². The van der Waals surface area contributed by atoms with Crippen LogP contribution in [-0.4, -0.2) is 29.6 Å². The molecular formula is C11H22BrNO. The van der Waals surface area contributed by atoms with Crippen molar-refractivity contribution in [3.05, 3.63) is 0 Å². The zero-order valence-corrected chi connectivity index (χ0v) is 11.1. The van der Waals surface area contributed by atoms with Gasteiger partial charge >= 0.3 is 0 Å².